The maximum absolute atomic E-state index is 13.6. The van der Waals surface area contributed by atoms with E-state index in [9.17, 15) is 18.0 Å². The molecular formula is C24H33ClN4O4S. The molecular weight excluding hydrogens is 476 g/mol. The number of nitrogens with zero attached hydrogens (tertiary/aromatic N) is 3. The molecule has 0 spiro atoms. The van der Waals surface area contributed by atoms with Crippen LogP contribution in [-0.4, -0.2) is 62.2 Å². The number of rotatable bonds is 11. The molecule has 186 valence electrons. The van der Waals surface area contributed by atoms with Gasteiger partial charge < -0.3 is 10.2 Å². The van der Waals surface area contributed by atoms with Gasteiger partial charge in [-0.25, -0.2) is 4.31 Å². The number of carbonyl (C=O) groups excluding carboxylic acids is 2. The van der Waals surface area contributed by atoms with Gasteiger partial charge in [0.15, 0.2) is 0 Å². The van der Waals surface area contributed by atoms with Gasteiger partial charge in [0.2, 0.25) is 11.8 Å². The highest BCUT2D eigenvalue weighted by atomic mass is 35.5. The van der Waals surface area contributed by atoms with Crippen molar-refractivity contribution in [3.05, 3.63) is 65.2 Å². The molecule has 1 N–H and O–H groups in total. The van der Waals surface area contributed by atoms with Crippen LogP contribution in [0.1, 0.15) is 32.8 Å². The van der Waals surface area contributed by atoms with E-state index in [4.69, 9.17) is 11.6 Å². The Morgan fingerprint density at radius 3 is 2.24 bits per heavy atom. The minimum absolute atomic E-state index is 0.0620. The summed E-state index contributed by atoms with van der Waals surface area (Å²) < 4.78 is 28.2. The van der Waals surface area contributed by atoms with Gasteiger partial charge in [0.1, 0.15) is 12.6 Å². The number of para-hydroxylation sites is 1. The van der Waals surface area contributed by atoms with Gasteiger partial charge in [-0.15, -0.1) is 0 Å². The van der Waals surface area contributed by atoms with Gasteiger partial charge >= 0.3 is 10.2 Å². The Labute approximate surface area is 207 Å². The monoisotopic (exact) mass is 508 g/mol. The molecule has 2 aromatic rings. The number of anilines is 1. The molecule has 2 atom stereocenters. The summed E-state index contributed by atoms with van der Waals surface area (Å²) in [6.45, 7) is 5.10. The summed E-state index contributed by atoms with van der Waals surface area (Å²) in [5.74, 6) is -0.826. The summed E-state index contributed by atoms with van der Waals surface area (Å²) in [5, 5.41) is 3.40. The van der Waals surface area contributed by atoms with Gasteiger partial charge in [-0.05, 0) is 50.1 Å². The zero-order chi connectivity index (χ0) is 25.5. The number of hydrogen-bond donors (Lipinski definition) is 1. The van der Waals surface area contributed by atoms with Gasteiger partial charge in [-0.3, -0.25) is 9.59 Å². The number of nitrogens with one attached hydrogen (secondary N) is 1. The minimum atomic E-state index is -3.97. The van der Waals surface area contributed by atoms with Crippen LogP contribution in [0.4, 0.5) is 5.69 Å². The maximum Gasteiger partial charge on any atom is 0.304 e. The van der Waals surface area contributed by atoms with E-state index in [0.717, 1.165) is 20.6 Å². The van der Waals surface area contributed by atoms with Crippen molar-refractivity contribution in [1.82, 2.24) is 14.5 Å². The zero-order valence-electron chi connectivity index (χ0n) is 20.2. The Hall–Kier alpha value is -2.62. The molecule has 0 bridgehead atoms. The van der Waals surface area contributed by atoms with Gasteiger partial charge in [0.05, 0.1) is 5.69 Å². The second-order valence-electron chi connectivity index (χ2n) is 8.28. The van der Waals surface area contributed by atoms with E-state index < -0.39 is 28.7 Å². The first kappa shape index (κ1) is 27.6. The lowest BCUT2D eigenvalue weighted by atomic mass is 10.1. The molecule has 0 aliphatic carbocycles. The lowest BCUT2D eigenvalue weighted by Crippen LogP contribution is -2.53. The number of benzene rings is 2. The molecule has 2 aromatic carbocycles. The highest BCUT2D eigenvalue weighted by Crippen LogP contribution is 2.21. The standard InChI is InChI=1S/C24H33ClN4O4S/c1-6-18(2)26-24(31)19(3)28(16-20-11-10-12-21(25)15-20)23(30)17-29(34(32,33)27(4)5)22-13-8-7-9-14-22/h7-15,18-19H,6,16-17H2,1-5H3,(H,26,31)/t18-,19-/m1/s1. The van der Waals surface area contributed by atoms with Crippen LogP contribution in [0.15, 0.2) is 54.6 Å². The second-order valence-corrected chi connectivity index (χ2v) is 10.8. The second kappa shape index (κ2) is 12.2. The van der Waals surface area contributed by atoms with E-state index >= 15 is 0 Å². The molecule has 0 aromatic heterocycles. The molecule has 0 fully saturated rings. The number of amides is 2. The molecule has 0 aliphatic heterocycles. The molecule has 8 nitrogen and oxygen atoms in total. The molecule has 2 rings (SSSR count). The summed E-state index contributed by atoms with van der Waals surface area (Å²) in [7, 11) is -1.16. The maximum atomic E-state index is 13.6. The van der Waals surface area contributed by atoms with E-state index in [1.165, 1.54) is 19.0 Å². The zero-order valence-corrected chi connectivity index (χ0v) is 21.8. The molecule has 10 heteroatoms. The Morgan fingerprint density at radius 2 is 1.68 bits per heavy atom. The fourth-order valence-electron chi connectivity index (χ4n) is 3.19. The first-order valence-corrected chi connectivity index (χ1v) is 12.8. The fourth-order valence-corrected chi connectivity index (χ4v) is 4.46. The lowest BCUT2D eigenvalue weighted by Gasteiger charge is -2.33. The van der Waals surface area contributed by atoms with Crippen LogP contribution in [-0.2, 0) is 26.3 Å². The molecule has 34 heavy (non-hydrogen) atoms. The van der Waals surface area contributed by atoms with Crippen LogP contribution < -0.4 is 9.62 Å². The van der Waals surface area contributed by atoms with Crippen molar-refractivity contribution in [3.63, 3.8) is 0 Å². The number of hydrogen-bond acceptors (Lipinski definition) is 4. The molecule has 0 radical (unpaired) electrons. The quantitative estimate of drug-likeness (QED) is 0.504. The average Bonchev–Trinajstić information content (AvgIpc) is 2.80. The third-order valence-electron chi connectivity index (χ3n) is 5.47. The molecule has 0 heterocycles. The molecule has 0 saturated heterocycles. The van der Waals surface area contributed by atoms with Crippen LogP contribution >= 0.6 is 11.6 Å². The van der Waals surface area contributed by atoms with E-state index in [2.05, 4.69) is 5.32 Å². The van der Waals surface area contributed by atoms with Crippen molar-refractivity contribution in [2.75, 3.05) is 24.9 Å². The van der Waals surface area contributed by atoms with Crippen molar-refractivity contribution in [2.45, 2.75) is 45.8 Å². The Kier molecular flexibility index (Phi) is 9.90. The Balaban J connectivity index is 2.42. The van der Waals surface area contributed by atoms with Crippen LogP contribution in [0, 0.1) is 0 Å². The van der Waals surface area contributed by atoms with Crippen LogP contribution in [0.3, 0.4) is 0 Å². The third kappa shape index (κ3) is 7.19. The van der Waals surface area contributed by atoms with Crippen molar-refractivity contribution < 1.29 is 18.0 Å². The van der Waals surface area contributed by atoms with Crippen molar-refractivity contribution >= 4 is 39.3 Å². The Morgan fingerprint density at radius 1 is 1.03 bits per heavy atom. The topological polar surface area (TPSA) is 90.0 Å². The normalized spacial score (nSPS) is 13.3. The van der Waals surface area contributed by atoms with Crippen molar-refractivity contribution in [3.8, 4) is 0 Å². The lowest BCUT2D eigenvalue weighted by molar-refractivity contribution is -0.139. The summed E-state index contributed by atoms with van der Waals surface area (Å²) in [6.07, 6.45) is 0.740. The van der Waals surface area contributed by atoms with Crippen LogP contribution in [0.5, 0.6) is 0 Å². The smallest absolute Gasteiger partial charge is 0.304 e. The van der Waals surface area contributed by atoms with E-state index in [-0.39, 0.29) is 18.5 Å². The highest BCUT2D eigenvalue weighted by Gasteiger charge is 2.32. The summed E-state index contributed by atoms with van der Waals surface area (Å²) in [4.78, 5) is 27.9. The van der Waals surface area contributed by atoms with Gasteiger partial charge in [0, 0.05) is 31.7 Å². The van der Waals surface area contributed by atoms with E-state index in [1.807, 2.05) is 13.8 Å². The Bertz CT molecular complexity index is 1080. The largest absolute Gasteiger partial charge is 0.352 e. The predicted molar refractivity (Wildman–Crippen MR) is 136 cm³/mol. The molecule has 2 amide bonds. The van der Waals surface area contributed by atoms with Crippen LogP contribution in [0.2, 0.25) is 5.02 Å². The van der Waals surface area contributed by atoms with E-state index in [1.54, 1.807) is 61.5 Å². The van der Waals surface area contributed by atoms with E-state index in [0.29, 0.717) is 10.7 Å². The summed E-state index contributed by atoms with van der Waals surface area (Å²) in [5.41, 5.74) is 1.08. The van der Waals surface area contributed by atoms with Crippen molar-refractivity contribution in [2.24, 2.45) is 0 Å². The highest BCUT2D eigenvalue weighted by molar-refractivity contribution is 7.90. The predicted octanol–water partition coefficient (Wildman–Crippen LogP) is 3.28. The summed E-state index contributed by atoms with van der Waals surface area (Å²) >= 11 is 6.12. The van der Waals surface area contributed by atoms with Crippen LogP contribution in [0.25, 0.3) is 0 Å². The molecule has 0 unspecified atom stereocenters. The average molecular weight is 509 g/mol. The van der Waals surface area contributed by atoms with Gasteiger partial charge in [0.25, 0.3) is 0 Å². The van der Waals surface area contributed by atoms with Crippen molar-refractivity contribution in [1.29, 1.82) is 0 Å². The fraction of sp³-hybridized carbons (Fsp3) is 0.417. The number of carbonyl (C=O) groups is 2. The summed E-state index contributed by atoms with van der Waals surface area (Å²) in [6, 6.07) is 14.5. The minimum Gasteiger partial charge on any atom is -0.352 e. The SMILES string of the molecule is CC[C@@H](C)NC(=O)[C@@H](C)N(Cc1cccc(Cl)c1)C(=O)CN(c1ccccc1)S(=O)(=O)N(C)C. The van der Waals surface area contributed by atoms with Gasteiger partial charge in [-0.1, -0.05) is 48.9 Å². The first-order chi connectivity index (χ1) is 16.0. The molecule has 0 aliphatic rings. The third-order valence-corrected chi connectivity index (χ3v) is 7.53. The first-order valence-electron chi connectivity index (χ1n) is 11.1. The molecule has 0 saturated carbocycles. The van der Waals surface area contributed by atoms with Gasteiger partial charge in [-0.2, -0.15) is 12.7 Å². The number of halogens is 1.